The summed E-state index contributed by atoms with van der Waals surface area (Å²) < 4.78 is 2.49. The van der Waals surface area contributed by atoms with Gasteiger partial charge in [-0.05, 0) is 12.0 Å². The van der Waals surface area contributed by atoms with Gasteiger partial charge in [0.1, 0.15) is 0 Å². The fourth-order valence-corrected chi connectivity index (χ4v) is 3.06. The largest absolute Gasteiger partial charge is 0.266 e. The first-order chi connectivity index (χ1) is 6.77. The summed E-state index contributed by atoms with van der Waals surface area (Å²) in [6.07, 6.45) is 0.970. The Labute approximate surface area is 98.5 Å². The minimum Gasteiger partial charge on any atom is -0.266 e. The molecule has 0 spiro atoms. The number of nitrogens with zero attached hydrogens (tertiary/aromatic N) is 1. The third kappa shape index (κ3) is 2.22. The van der Waals surface area contributed by atoms with Gasteiger partial charge in [0.15, 0.2) is 4.32 Å². The average Bonchev–Trinajstić information content (AvgIpc) is 2.52. The molecule has 1 heterocycles. The number of rotatable bonds is 2. The van der Waals surface area contributed by atoms with Crippen LogP contribution in [0.4, 0.5) is 0 Å². The van der Waals surface area contributed by atoms with Crippen molar-refractivity contribution in [3.63, 3.8) is 0 Å². The van der Waals surface area contributed by atoms with E-state index in [4.69, 9.17) is 24.0 Å². The second-order valence-electron chi connectivity index (χ2n) is 3.23. The second-order valence-corrected chi connectivity index (χ2v) is 5.25. The van der Waals surface area contributed by atoms with Crippen LogP contribution in [0.3, 0.4) is 0 Å². The summed E-state index contributed by atoms with van der Waals surface area (Å²) in [6, 6.07) is 10.7. The zero-order valence-corrected chi connectivity index (χ0v) is 9.91. The average molecular weight is 244 g/mol. The Morgan fingerprint density at radius 1 is 1.43 bits per heavy atom. The Balaban J connectivity index is 2.02. The fourth-order valence-electron chi connectivity index (χ4n) is 1.47. The first-order valence-corrected chi connectivity index (χ1v) is 6.16. The second kappa shape index (κ2) is 4.51. The van der Waals surface area contributed by atoms with Crippen LogP contribution in [0.15, 0.2) is 30.3 Å². The topological polar surface area (TPSA) is 3.24 Å². The van der Waals surface area contributed by atoms with Crippen LogP contribution in [-0.4, -0.2) is 20.5 Å². The molecule has 1 atom stereocenters. The number of halogens is 1. The Morgan fingerprint density at radius 2 is 2.14 bits per heavy atom. The van der Waals surface area contributed by atoms with Crippen LogP contribution < -0.4 is 0 Å². The van der Waals surface area contributed by atoms with Crippen LogP contribution in [0.2, 0.25) is 0 Å². The molecule has 0 amide bonds. The van der Waals surface area contributed by atoms with E-state index in [1.165, 1.54) is 5.56 Å². The summed E-state index contributed by atoms with van der Waals surface area (Å²) in [5.74, 6) is 0.997. The van der Waals surface area contributed by atoms with Gasteiger partial charge in [0.25, 0.3) is 0 Å². The molecule has 0 unspecified atom stereocenters. The smallest absolute Gasteiger partial charge is 0.151 e. The highest BCUT2D eigenvalue weighted by molar-refractivity contribution is 8.23. The molecule has 1 nitrogen and oxygen atoms in total. The van der Waals surface area contributed by atoms with Gasteiger partial charge in [0.05, 0.1) is 6.04 Å². The first-order valence-electron chi connectivity index (χ1n) is 4.43. The van der Waals surface area contributed by atoms with Gasteiger partial charge in [-0.1, -0.05) is 54.3 Å². The molecule has 0 aromatic heterocycles. The lowest BCUT2D eigenvalue weighted by Crippen LogP contribution is -2.26. The summed E-state index contributed by atoms with van der Waals surface area (Å²) in [6.45, 7) is 0. The highest BCUT2D eigenvalue weighted by Gasteiger charge is 2.27. The Morgan fingerprint density at radius 3 is 2.71 bits per heavy atom. The number of thiocarbonyl (C=S) groups is 1. The van der Waals surface area contributed by atoms with Gasteiger partial charge in [0, 0.05) is 17.5 Å². The lowest BCUT2D eigenvalue weighted by atomic mass is 10.1. The molecular formula is C10H10ClNS2. The van der Waals surface area contributed by atoms with E-state index in [1.54, 1.807) is 16.2 Å². The molecule has 4 heteroatoms. The molecule has 1 fully saturated rings. The minimum absolute atomic E-state index is 0.344. The van der Waals surface area contributed by atoms with Crippen LogP contribution in [0.25, 0.3) is 0 Å². The maximum absolute atomic E-state index is 6.05. The van der Waals surface area contributed by atoms with Crippen molar-refractivity contribution in [2.24, 2.45) is 0 Å². The number of hydrogen-bond donors (Lipinski definition) is 0. The molecule has 1 saturated heterocycles. The number of hydrogen-bond acceptors (Lipinski definition) is 2. The van der Waals surface area contributed by atoms with E-state index >= 15 is 0 Å². The standard InChI is InChI=1S/C10H10ClNS2/c11-12-9(7-14-10(12)13)6-8-4-2-1-3-5-8/h1-5,9H,6-7H2/t9-/m1/s1. The highest BCUT2D eigenvalue weighted by Crippen LogP contribution is 2.28. The molecule has 0 N–H and O–H groups in total. The predicted octanol–water partition coefficient (Wildman–Crippen LogP) is 3.09. The zero-order chi connectivity index (χ0) is 9.97. The normalized spacial score (nSPS) is 21.6. The van der Waals surface area contributed by atoms with Crippen molar-refractivity contribution in [3.05, 3.63) is 35.9 Å². The van der Waals surface area contributed by atoms with Gasteiger partial charge < -0.3 is 0 Å². The molecule has 0 saturated carbocycles. The van der Waals surface area contributed by atoms with Crippen molar-refractivity contribution in [1.82, 2.24) is 4.42 Å². The lowest BCUT2D eigenvalue weighted by Gasteiger charge is -2.16. The third-order valence-electron chi connectivity index (χ3n) is 2.21. The molecule has 2 rings (SSSR count). The third-order valence-corrected chi connectivity index (χ3v) is 4.40. The molecule has 74 valence electrons. The molecule has 1 aliphatic rings. The van der Waals surface area contributed by atoms with Gasteiger partial charge in [0.2, 0.25) is 0 Å². The summed E-state index contributed by atoms with van der Waals surface area (Å²) in [7, 11) is 0. The maximum Gasteiger partial charge on any atom is 0.151 e. The van der Waals surface area contributed by atoms with Gasteiger partial charge in [-0.15, -0.1) is 0 Å². The van der Waals surface area contributed by atoms with Crippen molar-refractivity contribution in [2.45, 2.75) is 12.5 Å². The predicted molar refractivity (Wildman–Crippen MR) is 66.7 cm³/mol. The SMILES string of the molecule is S=C1SC[C@@H](Cc2ccccc2)N1Cl. The molecule has 1 aromatic rings. The Bertz CT molecular complexity index is 328. The van der Waals surface area contributed by atoms with Gasteiger partial charge in [-0.25, -0.2) is 0 Å². The van der Waals surface area contributed by atoms with E-state index in [-0.39, 0.29) is 0 Å². The van der Waals surface area contributed by atoms with Crippen LogP contribution in [0.5, 0.6) is 0 Å². The van der Waals surface area contributed by atoms with Crippen LogP contribution >= 0.6 is 35.8 Å². The van der Waals surface area contributed by atoms with Crippen LogP contribution in [0.1, 0.15) is 5.56 Å². The van der Waals surface area contributed by atoms with Crippen LogP contribution in [-0.2, 0) is 6.42 Å². The van der Waals surface area contributed by atoms with Crippen molar-refractivity contribution in [1.29, 1.82) is 0 Å². The molecule has 14 heavy (non-hydrogen) atoms. The maximum atomic E-state index is 6.05. The number of thioether (sulfide) groups is 1. The summed E-state index contributed by atoms with van der Waals surface area (Å²) >= 11 is 12.8. The minimum atomic E-state index is 0.344. The van der Waals surface area contributed by atoms with E-state index in [9.17, 15) is 0 Å². The first kappa shape index (κ1) is 10.3. The number of benzene rings is 1. The molecule has 0 radical (unpaired) electrons. The molecular weight excluding hydrogens is 234 g/mol. The molecule has 0 aliphatic carbocycles. The summed E-state index contributed by atoms with van der Waals surface area (Å²) in [4.78, 5) is 0. The molecule has 1 aliphatic heterocycles. The monoisotopic (exact) mass is 243 g/mol. The van der Waals surface area contributed by atoms with Gasteiger partial charge in [-0.2, -0.15) is 0 Å². The fraction of sp³-hybridized carbons (Fsp3) is 0.300. The lowest BCUT2D eigenvalue weighted by molar-refractivity contribution is 0.525. The molecule has 1 aromatic carbocycles. The van der Waals surface area contributed by atoms with Crippen molar-refractivity contribution < 1.29 is 0 Å². The van der Waals surface area contributed by atoms with Crippen molar-refractivity contribution >= 4 is 40.1 Å². The Hall–Kier alpha value is -0.250. The van der Waals surface area contributed by atoms with Gasteiger partial charge >= 0.3 is 0 Å². The molecule has 0 bridgehead atoms. The van der Waals surface area contributed by atoms with E-state index in [2.05, 4.69) is 12.1 Å². The van der Waals surface area contributed by atoms with E-state index in [0.717, 1.165) is 16.5 Å². The Kier molecular flexibility index (Phi) is 3.31. The van der Waals surface area contributed by atoms with E-state index < -0.39 is 0 Å². The van der Waals surface area contributed by atoms with Crippen LogP contribution in [0, 0.1) is 0 Å². The van der Waals surface area contributed by atoms with Gasteiger partial charge in [-0.3, -0.25) is 4.42 Å². The van der Waals surface area contributed by atoms with E-state index in [1.807, 2.05) is 18.2 Å². The highest BCUT2D eigenvalue weighted by atomic mass is 35.5. The van der Waals surface area contributed by atoms with Crippen molar-refractivity contribution in [2.75, 3.05) is 5.75 Å². The van der Waals surface area contributed by atoms with E-state index in [0.29, 0.717) is 6.04 Å². The van der Waals surface area contributed by atoms with Crippen molar-refractivity contribution in [3.8, 4) is 0 Å². The quantitative estimate of drug-likeness (QED) is 0.581. The summed E-state index contributed by atoms with van der Waals surface area (Å²) in [5.41, 5.74) is 1.31. The summed E-state index contributed by atoms with van der Waals surface area (Å²) in [5, 5.41) is 0. The zero-order valence-electron chi connectivity index (χ0n) is 7.52.